The Morgan fingerprint density at radius 2 is 2.00 bits per heavy atom. The Morgan fingerprint density at radius 1 is 1.25 bits per heavy atom. The molecule has 0 saturated carbocycles. The molecule has 0 saturated heterocycles. The van der Waals surface area contributed by atoms with Gasteiger partial charge in [-0.2, -0.15) is 0 Å². The minimum absolute atomic E-state index is 0.0146. The van der Waals surface area contributed by atoms with Crippen molar-refractivity contribution in [1.29, 1.82) is 0 Å². The van der Waals surface area contributed by atoms with Gasteiger partial charge < -0.3 is 9.84 Å². The van der Waals surface area contributed by atoms with Gasteiger partial charge >= 0.3 is 0 Å². The average molecular weight is 296 g/mol. The van der Waals surface area contributed by atoms with Crippen molar-refractivity contribution < 1.29 is 14.6 Å². The third-order valence-corrected chi connectivity index (χ3v) is 4.00. The fourth-order valence-corrected chi connectivity index (χ4v) is 2.58. The number of thioether (sulfide) groups is 1. The zero-order valence-electron chi connectivity index (χ0n) is 12.1. The lowest BCUT2D eigenvalue weighted by Gasteiger charge is -2.13. The van der Waals surface area contributed by atoms with E-state index in [9.17, 15) is 9.90 Å². The summed E-state index contributed by atoms with van der Waals surface area (Å²) in [6.45, 7) is 3.26. The summed E-state index contributed by atoms with van der Waals surface area (Å²) in [5.41, 5.74) is 0.666. The second kappa shape index (κ2) is 10.9. The van der Waals surface area contributed by atoms with Crippen LogP contribution in [0.4, 0.5) is 0 Å². The summed E-state index contributed by atoms with van der Waals surface area (Å²) < 4.78 is 5.54. The van der Waals surface area contributed by atoms with Crippen LogP contribution < -0.4 is 0 Å². The molecule has 1 N–H and O–H groups in total. The second-order valence-corrected chi connectivity index (χ2v) is 5.98. The minimum Gasteiger partial charge on any atom is -0.395 e. The van der Waals surface area contributed by atoms with Crippen LogP contribution in [0.3, 0.4) is 0 Å². The van der Waals surface area contributed by atoms with Crippen molar-refractivity contribution in [2.75, 3.05) is 19.8 Å². The maximum Gasteiger partial charge on any atom is 0.219 e. The number of aliphatic hydroxyl groups excluding tert-OH is 1. The van der Waals surface area contributed by atoms with E-state index < -0.39 is 0 Å². The highest BCUT2D eigenvalue weighted by Crippen LogP contribution is 2.18. The van der Waals surface area contributed by atoms with Crippen LogP contribution in [-0.2, 0) is 4.74 Å². The molecule has 0 amide bonds. The molecule has 0 spiro atoms. The molecule has 0 aliphatic rings. The summed E-state index contributed by atoms with van der Waals surface area (Å²) in [7, 11) is 0. The maximum atomic E-state index is 12.0. The molecule has 1 atom stereocenters. The van der Waals surface area contributed by atoms with E-state index in [1.165, 1.54) is 19.3 Å². The van der Waals surface area contributed by atoms with Gasteiger partial charge in [0.05, 0.1) is 18.5 Å². The van der Waals surface area contributed by atoms with Crippen molar-refractivity contribution in [1.82, 2.24) is 0 Å². The van der Waals surface area contributed by atoms with Crippen LogP contribution >= 0.6 is 11.8 Å². The van der Waals surface area contributed by atoms with Crippen molar-refractivity contribution >= 4 is 16.9 Å². The zero-order chi connectivity index (χ0) is 14.6. The Hall–Kier alpha value is -0.840. The summed E-state index contributed by atoms with van der Waals surface area (Å²) in [4.78, 5) is 12.0. The maximum absolute atomic E-state index is 12.0. The molecule has 3 nitrogen and oxygen atoms in total. The molecule has 0 fully saturated rings. The number of carbonyl (C=O) groups is 1. The van der Waals surface area contributed by atoms with Gasteiger partial charge in [0.1, 0.15) is 0 Å². The smallest absolute Gasteiger partial charge is 0.219 e. The fraction of sp³-hybridized carbons (Fsp3) is 0.562. The normalized spacial score (nSPS) is 12.3. The van der Waals surface area contributed by atoms with Gasteiger partial charge in [-0.15, -0.1) is 0 Å². The first-order chi connectivity index (χ1) is 9.77. The number of ether oxygens (including phenoxy) is 1. The van der Waals surface area contributed by atoms with Gasteiger partial charge in [-0.1, -0.05) is 68.3 Å². The molecule has 0 unspecified atom stereocenters. The molecule has 1 aromatic rings. The second-order valence-electron chi connectivity index (χ2n) is 4.71. The lowest BCUT2D eigenvalue weighted by molar-refractivity contribution is 0.106. The highest BCUT2D eigenvalue weighted by molar-refractivity contribution is 8.14. The molecule has 1 aromatic carbocycles. The topological polar surface area (TPSA) is 46.5 Å². The number of hydrogen-bond donors (Lipinski definition) is 1. The van der Waals surface area contributed by atoms with Gasteiger partial charge in [0.15, 0.2) is 0 Å². The Bertz CT molecular complexity index is 367. The molecule has 4 heteroatoms. The summed E-state index contributed by atoms with van der Waals surface area (Å²) >= 11 is 1.15. The molecular formula is C16H24O3S. The molecule has 112 valence electrons. The molecule has 0 aromatic heterocycles. The van der Waals surface area contributed by atoms with Gasteiger partial charge in [-0.25, -0.2) is 0 Å². The SMILES string of the molecule is CCCCCCOC[C@H](CO)SC(=O)c1ccccc1. The molecule has 20 heavy (non-hydrogen) atoms. The fourth-order valence-electron chi connectivity index (χ4n) is 1.76. The Morgan fingerprint density at radius 3 is 2.65 bits per heavy atom. The highest BCUT2D eigenvalue weighted by atomic mass is 32.2. The summed E-state index contributed by atoms with van der Waals surface area (Å²) in [5.74, 6) is 0. The third-order valence-electron chi connectivity index (χ3n) is 2.93. The molecular weight excluding hydrogens is 272 g/mol. The molecule has 0 aliphatic heterocycles. The van der Waals surface area contributed by atoms with E-state index in [1.54, 1.807) is 12.1 Å². The van der Waals surface area contributed by atoms with Gasteiger partial charge in [0, 0.05) is 12.2 Å². The van der Waals surface area contributed by atoms with Crippen molar-refractivity contribution in [3.63, 3.8) is 0 Å². The van der Waals surface area contributed by atoms with E-state index in [1.807, 2.05) is 18.2 Å². The summed E-state index contributed by atoms with van der Waals surface area (Å²) in [5, 5.41) is 9.11. The van der Waals surface area contributed by atoms with E-state index >= 15 is 0 Å². The van der Waals surface area contributed by atoms with Crippen LogP contribution in [0.5, 0.6) is 0 Å². The van der Waals surface area contributed by atoms with E-state index in [-0.39, 0.29) is 17.0 Å². The van der Waals surface area contributed by atoms with E-state index in [0.717, 1.165) is 18.2 Å². The van der Waals surface area contributed by atoms with Crippen LogP contribution in [0.1, 0.15) is 43.0 Å². The lowest BCUT2D eigenvalue weighted by atomic mass is 10.2. The molecule has 0 heterocycles. The van der Waals surface area contributed by atoms with Crippen LogP contribution in [0.25, 0.3) is 0 Å². The number of unbranched alkanes of at least 4 members (excludes halogenated alkanes) is 3. The molecule has 0 radical (unpaired) electrons. The van der Waals surface area contributed by atoms with E-state index in [2.05, 4.69) is 6.92 Å². The largest absolute Gasteiger partial charge is 0.395 e. The molecule has 1 rings (SSSR count). The first-order valence-corrected chi connectivity index (χ1v) is 8.10. The van der Waals surface area contributed by atoms with Gasteiger partial charge in [-0.05, 0) is 6.42 Å². The standard InChI is InChI=1S/C16H24O3S/c1-2-3-4-8-11-19-13-15(12-17)20-16(18)14-9-6-5-7-10-14/h5-7,9-10,15,17H,2-4,8,11-13H2,1H3/t15-/m0/s1. The Labute approximate surface area is 125 Å². The van der Waals surface area contributed by atoms with Gasteiger partial charge in [0.2, 0.25) is 5.12 Å². The van der Waals surface area contributed by atoms with Crippen LogP contribution in [0.15, 0.2) is 30.3 Å². The number of hydrogen-bond acceptors (Lipinski definition) is 4. The van der Waals surface area contributed by atoms with Crippen LogP contribution in [0, 0.1) is 0 Å². The summed E-state index contributed by atoms with van der Waals surface area (Å²) in [6.07, 6.45) is 4.66. The van der Waals surface area contributed by atoms with Crippen LogP contribution in [0.2, 0.25) is 0 Å². The Kier molecular flexibility index (Phi) is 9.37. The lowest BCUT2D eigenvalue weighted by Crippen LogP contribution is -2.19. The predicted octanol–water partition coefficient (Wildman–Crippen LogP) is 3.52. The van der Waals surface area contributed by atoms with Crippen molar-refractivity contribution in [3.05, 3.63) is 35.9 Å². The van der Waals surface area contributed by atoms with Gasteiger partial charge in [0.25, 0.3) is 0 Å². The van der Waals surface area contributed by atoms with Crippen molar-refractivity contribution in [2.24, 2.45) is 0 Å². The predicted molar refractivity (Wildman–Crippen MR) is 84.2 cm³/mol. The number of rotatable bonds is 10. The number of benzene rings is 1. The highest BCUT2D eigenvalue weighted by Gasteiger charge is 2.15. The molecule has 0 aliphatic carbocycles. The van der Waals surface area contributed by atoms with E-state index in [4.69, 9.17) is 4.74 Å². The van der Waals surface area contributed by atoms with Crippen molar-refractivity contribution in [3.8, 4) is 0 Å². The van der Waals surface area contributed by atoms with E-state index in [0.29, 0.717) is 18.8 Å². The van der Waals surface area contributed by atoms with Crippen molar-refractivity contribution in [2.45, 2.75) is 37.9 Å². The average Bonchev–Trinajstić information content (AvgIpc) is 2.50. The first kappa shape index (κ1) is 17.2. The van der Waals surface area contributed by atoms with Gasteiger partial charge in [-0.3, -0.25) is 4.79 Å². The Balaban J connectivity index is 2.24. The first-order valence-electron chi connectivity index (χ1n) is 7.22. The zero-order valence-corrected chi connectivity index (χ0v) is 12.9. The molecule has 0 bridgehead atoms. The number of aliphatic hydroxyl groups is 1. The number of carbonyl (C=O) groups excluding carboxylic acids is 1. The summed E-state index contributed by atoms with van der Waals surface area (Å²) in [6, 6.07) is 9.13. The third kappa shape index (κ3) is 7.08. The van der Waals surface area contributed by atoms with Crippen LogP contribution in [-0.4, -0.2) is 35.3 Å². The quantitative estimate of drug-likeness (QED) is 0.671. The minimum atomic E-state index is -0.186. The monoisotopic (exact) mass is 296 g/mol.